The van der Waals surface area contributed by atoms with Crippen LogP contribution in [0.5, 0.6) is 0 Å². The van der Waals surface area contributed by atoms with Gasteiger partial charge < -0.3 is 10.0 Å². The van der Waals surface area contributed by atoms with Gasteiger partial charge in [-0.05, 0) is 50.1 Å². The molecular formula is C20H25N3O2. The van der Waals surface area contributed by atoms with Crippen LogP contribution < -0.4 is 4.90 Å². The van der Waals surface area contributed by atoms with Crippen molar-refractivity contribution in [2.24, 2.45) is 5.92 Å². The number of nitrogens with zero attached hydrogens (tertiary/aromatic N) is 3. The van der Waals surface area contributed by atoms with Crippen LogP contribution >= 0.6 is 0 Å². The van der Waals surface area contributed by atoms with E-state index < -0.39 is 5.97 Å². The van der Waals surface area contributed by atoms with E-state index in [1.807, 2.05) is 49.3 Å². The second-order valence-electron chi connectivity index (χ2n) is 6.72. The highest BCUT2D eigenvalue weighted by molar-refractivity contribution is 5.71. The Morgan fingerprint density at radius 1 is 1.28 bits per heavy atom. The zero-order chi connectivity index (χ0) is 17.8. The minimum Gasteiger partial charge on any atom is -0.481 e. The number of hydrogen-bond acceptors (Lipinski definition) is 4. The maximum Gasteiger partial charge on any atom is 0.308 e. The SMILES string of the molecule is C[C@@H]1[C@H](C(=O)O)CCCN1Cc1ccc(N(C)c2ccccc2)nc1. The number of para-hydroxylation sites is 1. The van der Waals surface area contributed by atoms with E-state index in [9.17, 15) is 9.90 Å². The Morgan fingerprint density at radius 3 is 2.68 bits per heavy atom. The lowest BCUT2D eigenvalue weighted by Gasteiger charge is -2.37. The van der Waals surface area contributed by atoms with Crippen LogP contribution in [0.15, 0.2) is 48.7 Å². The number of aliphatic carboxylic acids is 1. The molecule has 0 unspecified atom stereocenters. The van der Waals surface area contributed by atoms with Crippen molar-refractivity contribution >= 4 is 17.5 Å². The van der Waals surface area contributed by atoms with Gasteiger partial charge in [0.15, 0.2) is 0 Å². The number of carboxylic acid groups (broad SMARTS) is 1. The molecule has 0 spiro atoms. The first-order valence-corrected chi connectivity index (χ1v) is 8.77. The summed E-state index contributed by atoms with van der Waals surface area (Å²) in [6.07, 6.45) is 3.60. The Bertz CT molecular complexity index is 703. The predicted octanol–water partition coefficient (Wildman–Crippen LogP) is 3.53. The lowest BCUT2D eigenvalue weighted by atomic mass is 9.90. The molecular weight excluding hydrogens is 314 g/mol. The minimum absolute atomic E-state index is 0.0536. The average Bonchev–Trinajstić information content (AvgIpc) is 2.64. The fourth-order valence-corrected chi connectivity index (χ4v) is 3.49. The van der Waals surface area contributed by atoms with Gasteiger partial charge in [0, 0.05) is 31.5 Å². The van der Waals surface area contributed by atoms with Crippen LogP contribution in [0.25, 0.3) is 0 Å². The van der Waals surface area contributed by atoms with Gasteiger partial charge in [0.25, 0.3) is 0 Å². The van der Waals surface area contributed by atoms with Crippen molar-refractivity contribution in [3.8, 4) is 0 Å². The maximum absolute atomic E-state index is 11.4. The summed E-state index contributed by atoms with van der Waals surface area (Å²) in [5.41, 5.74) is 2.21. The number of piperidine rings is 1. The lowest BCUT2D eigenvalue weighted by molar-refractivity contribution is -0.145. The van der Waals surface area contributed by atoms with Crippen molar-refractivity contribution in [2.75, 3.05) is 18.5 Å². The molecule has 1 saturated heterocycles. The summed E-state index contributed by atoms with van der Waals surface area (Å²) < 4.78 is 0. The Labute approximate surface area is 148 Å². The summed E-state index contributed by atoms with van der Waals surface area (Å²) in [6.45, 7) is 3.70. The van der Waals surface area contributed by atoms with Crippen LogP contribution in [0, 0.1) is 5.92 Å². The monoisotopic (exact) mass is 339 g/mol. The van der Waals surface area contributed by atoms with E-state index >= 15 is 0 Å². The molecule has 0 saturated carbocycles. The number of carbonyl (C=O) groups is 1. The molecule has 132 valence electrons. The van der Waals surface area contributed by atoms with Gasteiger partial charge in [-0.25, -0.2) is 4.98 Å². The molecule has 1 aliphatic rings. The van der Waals surface area contributed by atoms with Crippen molar-refractivity contribution in [1.82, 2.24) is 9.88 Å². The first-order chi connectivity index (χ1) is 12.1. The number of pyridine rings is 1. The molecule has 3 rings (SSSR count). The Morgan fingerprint density at radius 2 is 2.04 bits per heavy atom. The van der Waals surface area contributed by atoms with Crippen molar-refractivity contribution in [1.29, 1.82) is 0 Å². The summed E-state index contributed by atoms with van der Waals surface area (Å²) in [5, 5.41) is 9.35. The van der Waals surface area contributed by atoms with Gasteiger partial charge in [0.1, 0.15) is 5.82 Å². The molecule has 1 aliphatic heterocycles. The van der Waals surface area contributed by atoms with Gasteiger partial charge in [-0.15, -0.1) is 0 Å². The van der Waals surface area contributed by atoms with Gasteiger partial charge in [-0.3, -0.25) is 9.69 Å². The number of aromatic nitrogens is 1. The Hall–Kier alpha value is -2.40. The zero-order valence-corrected chi connectivity index (χ0v) is 14.8. The van der Waals surface area contributed by atoms with Crippen molar-refractivity contribution in [2.45, 2.75) is 32.4 Å². The molecule has 0 radical (unpaired) electrons. The second-order valence-corrected chi connectivity index (χ2v) is 6.72. The predicted molar refractivity (Wildman–Crippen MR) is 99.0 cm³/mol. The number of benzene rings is 1. The molecule has 25 heavy (non-hydrogen) atoms. The van der Waals surface area contributed by atoms with Crippen molar-refractivity contribution < 1.29 is 9.90 Å². The Kier molecular flexibility index (Phi) is 5.34. The first kappa shape index (κ1) is 17.4. The molecule has 1 fully saturated rings. The van der Waals surface area contributed by atoms with Gasteiger partial charge in [0.2, 0.25) is 0 Å². The topological polar surface area (TPSA) is 56.7 Å². The average molecular weight is 339 g/mol. The van der Waals surface area contributed by atoms with Gasteiger partial charge >= 0.3 is 5.97 Å². The molecule has 0 bridgehead atoms. The molecule has 5 nitrogen and oxygen atoms in total. The fourth-order valence-electron chi connectivity index (χ4n) is 3.49. The van der Waals surface area contributed by atoms with E-state index in [1.165, 1.54) is 0 Å². The third-order valence-electron chi connectivity index (χ3n) is 5.12. The van der Waals surface area contributed by atoms with Crippen LogP contribution in [0.1, 0.15) is 25.3 Å². The summed E-state index contributed by atoms with van der Waals surface area (Å²) in [4.78, 5) is 20.3. The van der Waals surface area contributed by atoms with Crippen LogP contribution in [0.4, 0.5) is 11.5 Å². The Balaban J connectivity index is 1.67. The highest BCUT2D eigenvalue weighted by Crippen LogP contribution is 2.26. The highest BCUT2D eigenvalue weighted by Gasteiger charge is 2.32. The van der Waals surface area contributed by atoms with Crippen LogP contribution in [-0.4, -0.2) is 40.6 Å². The quantitative estimate of drug-likeness (QED) is 0.903. The van der Waals surface area contributed by atoms with Gasteiger partial charge in [-0.2, -0.15) is 0 Å². The normalized spacial score (nSPS) is 21.0. The standard InChI is InChI=1S/C20H25N3O2/c1-15-18(20(24)25)9-6-12-23(15)14-16-10-11-19(21-13-16)22(2)17-7-4-3-5-8-17/h3-5,7-8,10-11,13,15,18H,6,9,12,14H2,1-2H3,(H,24,25)/t15-,18-/m1/s1. The summed E-state index contributed by atoms with van der Waals surface area (Å²) in [7, 11) is 2.00. The molecule has 5 heteroatoms. The fraction of sp³-hybridized carbons (Fsp3) is 0.400. The lowest BCUT2D eigenvalue weighted by Crippen LogP contribution is -2.45. The molecule has 1 aromatic carbocycles. The van der Waals surface area contributed by atoms with Gasteiger partial charge in [-0.1, -0.05) is 24.3 Å². The molecule has 2 atom stereocenters. The van der Waals surface area contributed by atoms with E-state index in [4.69, 9.17) is 0 Å². The second kappa shape index (κ2) is 7.66. The zero-order valence-electron chi connectivity index (χ0n) is 14.8. The van der Waals surface area contributed by atoms with Crippen molar-refractivity contribution in [3.63, 3.8) is 0 Å². The smallest absolute Gasteiger partial charge is 0.308 e. The highest BCUT2D eigenvalue weighted by atomic mass is 16.4. The van der Waals surface area contributed by atoms with E-state index in [0.29, 0.717) is 0 Å². The number of anilines is 2. The summed E-state index contributed by atoms with van der Waals surface area (Å²) >= 11 is 0. The first-order valence-electron chi connectivity index (χ1n) is 8.77. The van der Waals surface area contributed by atoms with Crippen LogP contribution in [-0.2, 0) is 11.3 Å². The third kappa shape index (κ3) is 3.99. The van der Waals surface area contributed by atoms with E-state index in [0.717, 1.165) is 43.0 Å². The number of likely N-dealkylation sites (tertiary alicyclic amines) is 1. The summed E-state index contributed by atoms with van der Waals surface area (Å²) in [6, 6.07) is 14.3. The molecule has 0 amide bonds. The molecule has 1 N–H and O–H groups in total. The van der Waals surface area contributed by atoms with Gasteiger partial charge in [0.05, 0.1) is 5.92 Å². The number of rotatable bonds is 5. The van der Waals surface area contributed by atoms with E-state index in [1.54, 1.807) is 0 Å². The molecule has 2 aromatic rings. The van der Waals surface area contributed by atoms with Crippen LogP contribution in [0.2, 0.25) is 0 Å². The summed E-state index contributed by atoms with van der Waals surface area (Å²) in [5.74, 6) is -0.0644. The number of hydrogen-bond donors (Lipinski definition) is 1. The molecule has 1 aromatic heterocycles. The van der Waals surface area contributed by atoms with Crippen LogP contribution in [0.3, 0.4) is 0 Å². The molecule has 0 aliphatic carbocycles. The molecule has 2 heterocycles. The van der Waals surface area contributed by atoms with Crippen molar-refractivity contribution in [3.05, 3.63) is 54.2 Å². The van der Waals surface area contributed by atoms with E-state index in [-0.39, 0.29) is 12.0 Å². The maximum atomic E-state index is 11.4. The largest absolute Gasteiger partial charge is 0.481 e. The van der Waals surface area contributed by atoms with E-state index in [2.05, 4.69) is 28.1 Å². The number of carboxylic acids is 1. The minimum atomic E-state index is -0.685. The third-order valence-corrected chi connectivity index (χ3v) is 5.12.